The molecular weight excluding hydrogens is 210 g/mol. The summed E-state index contributed by atoms with van der Waals surface area (Å²) in [6.45, 7) is 1.74. The number of amides is 2. The summed E-state index contributed by atoms with van der Waals surface area (Å²) < 4.78 is 0. The van der Waals surface area contributed by atoms with Crippen LogP contribution >= 0.6 is 0 Å². The number of imide groups is 1. The van der Waals surface area contributed by atoms with Gasteiger partial charge in [-0.1, -0.05) is 6.92 Å². The highest BCUT2D eigenvalue weighted by Crippen LogP contribution is 2.33. The lowest BCUT2D eigenvalue weighted by Gasteiger charge is -2.22. The van der Waals surface area contributed by atoms with Gasteiger partial charge in [0.05, 0.1) is 5.92 Å². The van der Waals surface area contributed by atoms with E-state index in [-0.39, 0.29) is 30.2 Å². The van der Waals surface area contributed by atoms with Crippen LogP contribution in [0.1, 0.15) is 32.6 Å². The maximum absolute atomic E-state index is 11.7. The number of carboxylic acids is 1. The molecule has 1 aliphatic carbocycles. The summed E-state index contributed by atoms with van der Waals surface area (Å²) in [5, 5.41) is 8.87. The second kappa shape index (κ2) is 3.88. The Hall–Kier alpha value is -1.39. The van der Waals surface area contributed by atoms with Gasteiger partial charge in [0.15, 0.2) is 0 Å². The van der Waals surface area contributed by atoms with Crippen molar-refractivity contribution in [3.8, 4) is 0 Å². The Bertz CT molecular complexity index is 352. The molecule has 2 aliphatic rings. The van der Waals surface area contributed by atoms with Crippen LogP contribution in [0, 0.1) is 11.8 Å². The van der Waals surface area contributed by atoms with Gasteiger partial charge in [-0.05, 0) is 19.3 Å². The highest BCUT2D eigenvalue weighted by atomic mass is 16.4. The number of hydrogen-bond donors (Lipinski definition) is 1. The minimum Gasteiger partial charge on any atom is -0.481 e. The van der Waals surface area contributed by atoms with E-state index in [4.69, 9.17) is 5.11 Å². The quantitative estimate of drug-likeness (QED) is 0.699. The number of carbonyl (C=O) groups is 3. The molecule has 16 heavy (non-hydrogen) atoms. The van der Waals surface area contributed by atoms with Gasteiger partial charge in [-0.25, -0.2) is 0 Å². The lowest BCUT2D eigenvalue weighted by atomic mass is 10.1. The van der Waals surface area contributed by atoms with Crippen LogP contribution in [-0.2, 0) is 14.4 Å². The van der Waals surface area contributed by atoms with Crippen molar-refractivity contribution in [2.24, 2.45) is 11.8 Å². The number of nitrogens with zero attached hydrogens (tertiary/aromatic N) is 1. The summed E-state index contributed by atoms with van der Waals surface area (Å²) in [6, 6.07) is -0.189. The molecule has 3 atom stereocenters. The fourth-order valence-corrected chi connectivity index (χ4v) is 2.61. The topological polar surface area (TPSA) is 74.7 Å². The Kier molecular flexibility index (Phi) is 2.69. The van der Waals surface area contributed by atoms with E-state index >= 15 is 0 Å². The van der Waals surface area contributed by atoms with E-state index < -0.39 is 11.9 Å². The molecule has 0 bridgehead atoms. The van der Waals surface area contributed by atoms with Crippen LogP contribution in [0.15, 0.2) is 0 Å². The van der Waals surface area contributed by atoms with Gasteiger partial charge in [0, 0.05) is 18.4 Å². The van der Waals surface area contributed by atoms with Crippen molar-refractivity contribution in [1.29, 1.82) is 0 Å². The van der Waals surface area contributed by atoms with Gasteiger partial charge < -0.3 is 5.11 Å². The van der Waals surface area contributed by atoms with Crippen LogP contribution in [-0.4, -0.2) is 33.8 Å². The fraction of sp³-hybridized carbons (Fsp3) is 0.727. The van der Waals surface area contributed by atoms with Crippen molar-refractivity contribution in [3.63, 3.8) is 0 Å². The number of carboxylic acid groups (broad SMARTS) is 1. The molecule has 1 aliphatic heterocycles. The number of rotatable bonds is 2. The number of carbonyl (C=O) groups excluding carboxylic acids is 2. The molecule has 0 aromatic heterocycles. The maximum Gasteiger partial charge on any atom is 0.306 e. The van der Waals surface area contributed by atoms with Gasteiger partial charge in [-0.15, -0.1) is 0 Å². The van der Waals surface area contributed by atoms with Crippen molar-refractivity contribution in [2.75, 3.05) is 0 Å². The molecule has 2 rings (SSSR count). The van der Waals surface area contributed by atoms with Crippen LogP contribution in [0.25, 0.3) is 0 Å². The fourth-order valence-electron chi connectivity index (χ4n) is 2.61. The zero-order chi connectivity index (χ0) is 11.9. The van der Waals surface area contributed by atoms with Crippen molar-refractivity contribution in [2.45, 2.75) is 38.6 Å². The van der Waals surface area contributed by atoms with Crippen molar-refractivity contribution >= 4 is 17.8 Å². The molecule has 2 fully saturated rings. The highest BCUT2D eigenvalue weighted by Gasteiger charge is 2.43. The normalized spacial score (nSPS) is 34.8. The molecule has 88 valence electrons. The largest absolute Gasteiger partial charge is 0.481 e. The van der Waals surface area contributed by atoms with Gasteiger partial charge in [0.25, 0.3) is 0 Å². The summed E-state index contributed by atoms with van der Waals surface area (Å²) in [5.74, 6) is -1.75. The molecule has 1 unspecified atom stereocenters. The zero-order valence-electron chi connectivity index (χ0n) is 9.18. The van der Waals surface area contributed by atoms with E-state index in [1.54, 1.807) is 6.92 Å². The molecule has 1 N–H and O–H groups in total. The van der Waals surface area contributed by atoms with E-state index in [0.29, 0.717) is 19.3 Å². The van der Waals surface area contributed by atoms with Crippen LogP contribution in [0.3, 0.4) is 0 Å². The van der Waals surface area contributed by atoms with Gasteiger partial charge in [-0.2, -0.15) is 0 Å². The first-order valence-corrected chi connectivity index (χ1v) is 5.59. The summed E-state index contributed by atoms with van der Waals surface area (Å²) in [4.78, 5) is 35.5. The first kappa shape index (κ1) is 11.1. The molecule has 0 aromatic carbocycles. The van der Waals surface area contributed by atoms with Crippen LogP contribution in [0.5, 0.6) is 0 Å². The van der Waals surface area contributed by atoms with Gasteiger partial charge >= 0.3 is 5.97 Å². The zero-order valence-corrected chi connectivity index (χ0v) is 9.18. The average Bonchev–Trinajstić information content (AvgIpc) is 2.74. The minimum atomic E-state index is -0.824. The van der Waals surface area contributed by atoms with E-state index in [2.05, 4.69) is 0 Å². The molecule has 5 heteroatoms. The molecule has 5 nitrogen and oxygen atoms in total. The smallest absolute Gasteiger partial charge is 0.306 e. The van der Waals surface area contributed by atoms with Crippen LogP contribution < -0.4 is 0 Å². The summed E-state index contributed by atoms with van der Waals surface area (Å²) in [6.07, 6.45) is 1.87. The third-order valence-corrected chi connectivity index (χ3v) is 3.53. The predicted molar refractivity (Wildman–Crippen MR) is 54.4 cm³/mol. The second-order valence-corrected chi connectivity index (χ2v) is 4.71. The Labute approximate surface area is 93.4 Å². The van der Waals surface area contributed by atoms with Gasteiger partial charge in [0.2, 0.25) is 11.8 Å². The standard InChI is InChI=1S/C11H15NO4/c1-6-4-9(13)12(10(6)14)8-3-2-7(5-8)11(15)16/h6-8H,2-5H2,1H3,(H,15,16)/t6?,7-,8+/m1/s1. The molecule has 1 heterocycles. The molecule has 1 saturated heterocycles. The highest BCUT2D eigenvalue weighted by molar-refractivity contribution is 6.03. The first-order valence-electron chi connectivity index (χ1n) is 5.59. The third kappa shape index (κ3) is 1.70. The van der Waals surface area contributed by atoms with Crippen LogP contribution in [0.4, 0.5) is 0 Å². The molecule has 1 saturated carbocycles. The Morgan fingerprint density at radius 1 is 1.38 bits per heavy atom. The monoisotopic (exact) mass is 225 g/mol. The number of hydrogen-bond acceptors (Lipinski definition) is 3. The Morgan fingerprint density at radius 3 is 2.50 bits per heavy atom. The summed E-state index contributed by atoms with van der Waals surface area (Å²) >= 11 is 0. The number of likely N-dealkylation sites (tertiary alicyclic amines) is 1. The predicted octanol–water partition coefficient (Wildman–Crippen LogP) is 0.635. The van der Waals surface area contributed by atoms with E-state index in [9.17, 15) is 14.4 Å². The van der Waals surface area contributed by atoms with E-state index in [0.717, 1.165) is 0 Å². The SMILES string of the molecule is CC1CC(=O)N([C@H]2CC[C@@H](C(=O)O)C2)C1=O. The second-order valence-electron chi connectivity index (χ2n) is 4.71. The average molecular weight is 225 g/mol. The van der Waals surface area contributed by atoms with Crippen molar-refractivity contribution in [3.05, 3.63) is 0 Å². The van der Waals surface area contributed by atoms with Gasteiger partial charge in [0.1, 0.15) is 0 Å². The van der Waals surface area contributed by atoms with E-state index in [1.165, 1.54) is 4.90 Å². The Morgan fingerprint density at radius 2 is 2.06 bits per heavy atom. The molecule has 0 spiro atoms. The Balaban J connectivity index is 2.07. The summed E-state index contributed by atoms with van der Waals surface area (Å²) in [5.41, 5.74) is 0. The first-order chi connectivity index (χ1) is 7.50. The summed E-state index contributed by atoms with van der Waals surface area (Å²) in [7, 11) is 0. The van der Waals surface area contributed by atoms with E-state index in [1.807, 2.05) is 0 Å². The molecular formula is C11H15NO4. The molecule has 2 amide bonds. The van der Waals surface area contributed by atoms with Gasteiger partial charge in [-0.3, -0.25) is 19.3 Å². The van der Waals surface area contributed by atoms with Crippen molar-refractivity contribution < 1.29 is 19.5 Å². The number of aliphatic carboxylic acids is 1. The van der Waals surface area contributed by atoms with Crippen LogP contribution in [0.2, 0.25) is 0 Å². The third-order valence-electron chi connectivity index (χ3n) is 3.53. The maximum atomic E-state index is 11.7. The van der Waals surface area contributed by atoms with Crippen molar-refractivity contribution in [1.82, 2.24) is 4.90 Å². The molecule has 0 aromatic rings. The minimum absolute atomic E-state index is 0.138. The molecule has 0 radical (unpaired) electrons. The lowest BCUT2D eigenvalue weighted by molar-refractivity contribution is -0.145. The lowest BCUT2D eigenvalue weighted by Crippen LogP contribution is -2.38.